The molecule has 0 saturated carbocycles. The van der Waals surface area contributed by atoms with Crippen LogP contribution in [0.4, 0.5) is 5.82 Å². The van der Waals surface area contributed by atoms with Crippen LogP contribution in [0.15, 0.2) is 18.2 Å². The second-order valence-corrected chi connectivity index (χ2v) is 8.22. The summed E-state index contributed by atoms with van der Waals surface area (Å²) in [6.45, 7) is 11.7. The quantitative estimate of drug-likeness (QED) is 0.751. The highest BCUT2D eigenvalue weighted by atomic mass is 32.1. The Morgan fingerprint density at radius 2 is 1.88 bits per heavy atom. The van der Waals surface area contributed by atoms with Crippen LogP contribution in [0.2, 0.25) is 0 Å². The molecule has 0 atom stereocenters. The maximum Gasteiger partial charge on any atom is 0.230 e. The van der Waals surface area contributed by atoms with Crippen LogP contribution >= 0.6 is 11.3 Å². The van der Waals surface area contributed by atoms with Crippen molar-refractivity contribution < 1.29 is 4.79 Å². The average Bonchev–Trinajstić information content (AvgIpc) is 3.01. The number of carbonyl (C=O) groups is 1. The Labute approximate surface area is 145 Å². The number of thiazole rings is 1. The Morgan fingerprint density at radius 1 is 1.17 bits per heavy atom. The number of carbonyl (C=O) groups excluding carboxylic acids is 1. The Hall–Kier alpha value is -2.21. The first kappa shape index (κ1) is 16.6. The fourth-order valence-corrected chi connectivity index (χ4v) is 3.60. The summed E-state index contributed by atoms with van der Waals surface area (Å²) < 4.78 is 2.85. The second kappa shape index (κ2) is 5.70. The van der Waals surface area contributed by atoms with Gasteiger partial charge >= 0.3 is 0 Å². The average molecular weight is 342 g/mol. The van der Waals surface area contributed by atoms with Crippen LogP contribution in [0.1, 0.15) is 37.6 Å². The van der Waals surface area contributed by atoms with E-state index in [0.717, 1.165) is 26.6 Å². The molecular weight excluding hydrogens is 320 g/mol. The first-order valence-corrected chi connectivity index (χ1v) is 8.73. The smallest absolute Gasteiger partial charge is 0.230 e. The highest BCUT2D eigenvalue weighted by Crippen LogP contribution is 2.30. The molecule has 6 heteroatoms. The first-order valence-electron chi connectivity index (χ1n) is 7.91. The van der Waals surface area contributed by atoms with E-state index >= 15 is 0 Å². The first-order chi connectivity index (χ1) is 11.1. The van der Waals surface area contributed by atoms with Crippen molar-refractivity contribution in [2.45, 2.75) is 41.5 Å². The largest absolute Gasteiger partial charge is 0.310 e. The summed E-state index contributed by atoms with van der Waals surface area (Å²) >= 11 is 1.58. The zero-order valence-corrected chi connectivity index (χ0v) is 15.7. The van der Waals surface area contributed by atoms with Crippen LogP contribution in [0.3, 0.4) is 0 Å². The third kappa shape index (κ3) is 3.06. The van der Waals surface area contributed by atoms with E-state index in [2.05, 4.69) is 36.4 Å². The monoisotopic (exact) mass is 342 g/mol. The number of fused-ring (bicyclic) bond motifs is 1. The molecule has 3 rings (SSSR count). The molecule has 1 aromatic carbocycles. The van der Waals surface area contributed by atoms with Gasteiger partial charge in [0.05, 0.1) is 15.9 Å². The molecule has 24 heavy (non-hydrogen) atoms. The van der Waals surface area contributed by atoms with Gasteiger partial charge in [-0.05, 0) is 38.0 Å². The van der Waals surface area contributed by atoms with E-state index in [1.54, 1.807) is 16.0 Å². The second-order valence-electron chi connectivity index (χ2n) is 7.21. The van der Waals surface area contributed by atoms with Crippen LogP contribution in [0, 0.1) is 26.2 Å². The summed E-state index contributed by atoms with van der Waals surface area (Å²) in [7, 11) is 0. The van der Waals surface area contributed by atoms with Gasteiger partial charge in [-0.2, -0.15) is 9.78 Å². The molecule has 0 saturated heterocycles. The van der Waals surface area contributed by atoms with Gasteiger partial charge in [-0.1, -0.05) is 38.2 Å². The summed E-state index contributed by atoms with van der Waals surface area (Å²) in [6, 6.07) is 6.13. The van der Waals surface area contributed by atoms with Crippen LogP contribution in [-0.2, 0) is 4.79 Å². The predicted octanol–water partition coefficient (Wildman–Crippen LogP) is 4.39. The Balaban J connectivity index is 2.07. The number of rotatable bonds is 2. The van der Waals surface area contributed by atoms with Gasteiger partial charge in [0.1, 0.15) is 5.82 Å². The van der Waals surface area contributed by atoms with Crippen molar-refractivity contribution in [3.8, 4) is 5.13 Å². The van der Waals surface area contributed by atoms with E-state index in [1.807, 2.05) is 33.8 Å². The molecule has 1 N–H and O–H groups in total. The van der Waals surface area contributed by atoms with Gasteiger partial charge in [0.15, 0.2) is 0 Å². The van der Waals surface area contributed by atoms with E-state index in [1.165, 1.54) is 5.56 Å². The fourth-order valence-electron chi connectivity index (χ4n) is 2.49. The van der Waals surface area contributed by atoms with E-state index in [-0.39, 0.29) is 5.91 Å². The third-order valence-electron chi connectivity index (χ3n) is 3.75. The minimum atomic E-state index is -0.468. The molecule has 5 nitrogen and oxygen atoms in total. The molecule has 1 amide bonds. The molecule has 126 valence electrons. The topological polar surface area (TPSA) is 59.8 Å². The van der Waals surface area contributed by atoms with Gasteiger partial charge in [-0.15, -0.1) is 0 Å². The van der Waals surface area contributed by atoms with E-state index in [9.17, 15) is 4.79 Å². The molecule has 2 heterocycles. The maximum absolute atomic E-state index is 12.3. The van der Waals surface area contributed by atoms with Crippen molar-refractivity contribution in [1.29, 1.82) is 0 Å². The number of aromatic nitrogens is 3. The minimum absolute atomic E-state index is 0.0446. The Morgan fingerprint density at radius 3 is 2.54 bits per heavy atom. The van der Waals surface area contributed by atoms with Gasteiger partial charge in [0.2, 0.25) is 11.0 Å². The van der Waals surface area contributed by atoms with E-state index in [4.69, 9.17) is 4.98 Å². The number of hydrogen-bond donors (Lipinski definition) is 1. The number of nitrogens with zero attached hydrogens (tertiary/aromatic N) is 3. The van der Waals surface area contributed by atoms with Gasteiger partial charge in [0.25, 0.3) is 0 Å². The van der Waals surface area contributed by atoms with Crippen LogP contribution in [-0.4, -0.2) is 20.7 Å². The minimum Gasteiger partial charge on any atom is -0.310 e. The molecule has 0 spiro atoms. The number of hydrogen-bond acceptors (Lipinski definition) is 4. The lowest BCUT2D eigenvalue weighted by atomic mass is 9.96. The molecule has 0 aliphatic heterocycles. The molecule has 0 unspecified atom stereocenters. The maximum atomic E-state index is 12.3. The summed E-state index contributed by atoms with van der Waals surface area (Å²) in [6.07, 6.45) is 0. The standard InChI is InChI=1S/C18H22N4OS/c1-10-7-11(2)15-13(8-10)24-17(20-15)22-14(9-12(3)21-22)19-16(23)18(4,5)6/h7-9H,1-6H3,(H,19,23). The van der Waals surface area contributed by atoms with Crippen molar-refractivity contribution in [2.75, 3.05) is 5.32 Å². The lowest BCUT2D eigenvalue weighted by molar-refractivity contribution is -0.123. The molecule has 0 fully saturated rings. The van der Waals surface area contributed by atoms with Crippen molar-refractivity contribution in [1.82, 2.24) is 14.8 Å². The lowest BCUT2D eigenvalue weighted by Crippen LogP contribution is -2.28. The number of benzene rings is 1. The number of anilines is 1. The van der Waals surface area contributed by atoms with Gasteiger partial charge in [0, 0.05) is 11.5 Å². The zero-order valence-electron chi connectivity index (χ0n) is 14.9. The summed E-state index contributed by atoms with van der Waals surface area (Å²) in [5.74, 6) is 0.609. The lowest BCUT2D eigenvalue weighted by Gasteiger charge is -2.17. The van der Waals surface area contributed by atoms with E-state index in [0.29, 0.717) is 5.82 Å². The SMILES string of the molecule is Cc1cc(C)c2nc(-n3nc(C)cc3NC(=O)C(C)(C)C)sc2c1. The van der Waals surface area contributed by atoms with Crippen molar-refractivity contribution in [3.63, 3.8) is 0 Å². The highest BCUT2D eigenvalue weighted by Gasteiger charge is 2.23. The fraction of sp³-hybridized carbons (Fsp3) is 0.389. The Kier molecular flexibility index (Phi) is 3.95. The molecule has 2 aromatic heterocycles. The van der Waals surface area contributed by atoms with Gasteiger partial charge in [-0.25, -0.2) is 4.98 Å². The number of aryl methyl sites for hydroxylation is 3. The normalized spacial score (nSPS) is 11.9. The van der Waals surface area contributed by atoms with Crippen LogP contribution in [0.5, 0.6) is 0 Å². The van der Waals surface area contributed by atoms with Crippen molar-refractivity contribution in [2.24, 2.45) is 5.41 Å². The molecular formula is C18H22N4OS. The summed E-state index contributed by atoms with van der Waals surface area (Å²) in [4.78, 5) is 17.1. The molecule has 0 radical (unpaired) electrons. The molecule has 0 aliphatic carbocycles. The molecule has 0 aliphatic rings. The van der Waals surface area contributed by atoms with Gasteiger partial charge < -0.3 is 5.32 Å². The van der Waals surface area contributed by atoms with Crippen LogP contribution < -0.4 is 5.32 Å². The predicted molar refractivity (Wildman–Crippen MR) is 99.0 cm³/mol. The molecule has 0 bridgehead atoms. The summed E-state index contributed by atoms with van der Waals surface area (Å²) in [5.41, 5.74) is 3.72. The number of nitrogens with one attached hydrogen (secondary N) is 1. The highest BCUT2D eigenvalue weighted by molar-refractivity contribution is 7.20. The van der Waals surface area contributed by atoms with Crippen molar-refractivity contribution >= 4 is 33.3 Å². The van der Waals surface area contributed by atoms with Crippen molar-refractivity contribution in [3.05, 3.63) is 35.0 Å². The third-order valence-corrected chi connectivity index (χ3v) is 4.73. The van der Waals surface area contributed by atoms with Crippen LogP contribution in [0.25, 0.3) is 15.3 Å². The van der Waals surface area contributed by atoms with Gasteiger partial charge in [-0.3, -0.25) is 4.79 Å². The number of amides is 1. The summed E-state index contributed by atoms with van der Waals surface area (Å²) in [5, 5.41) is 8.24. The Bertz CT molecular complexity index is 931. The van der Waals surface area contributed by atoms with E-state index < -0.39 is 5.41 Å². The zero-order chi connectivity index (χ0) is 17.6. The molecule has 3 aromatic rings.